The maximum atomic E-state index is 14.5. The van der Waals surface area contributed by atoms with Gasteiger partial charge in [-0.1, -0.05) is 0 Å². The number of fused-ring (bicyclic) bond motifs is 1. The molecule has 2 saturated heterocycles. The molecule has 1 aromatic rings. The Morgan fingerprint density at radius 3 is 2.50 bits per heavy atom. The third-order valence-corrected chi connectivity index (χ3v) is 7.12. The minimum Gasteiger partial charge on any atom is -0.350 e. The summed E-state index contributed by atoms with van der Waals surface area (Å²) in [6.07, 6.45) is 1.65. The molecule has 0 saturated carbocycles. The molecule has 3 aliphatic rings. The molecule has 142 valence electrons. The van der Waals surface area contributed by atoms with Crippen LogP contribution in [0.15, 0.2) is 17.0 Å². The highest BCUT2D eigenvalue weighted by Crippen LogP contribution is 2.32. The minimum absolute atomic E-state index is 0.160. The molecule has 0 radical (unpaired) electrons. The highest BCUT2D eigenvalue weighted by Gasteiger charge is 2.36. The Morgan fingerprint density at radius 2 is 1.81 bits per heavy atom. The van der Waals surface area contributed by atoms with E-state index in [2.05, 4.69) is 5.32 Å². The Bertz CT molecular complexity index is 815. The Kier molecular flexibility index (Phi) is 4.72. The number of benzene rings is 1. The Labute approximate surface area is 151 Å². The number of hydrogen-bond donors (Lipinski definition) is 1. The van der Waals surface area contributed by atoms with Gasteiger partial charge in [0, 0.05) is 31.1 Å². The lowest BCUT2D eigenvalue weighted by Gasteiger charge is -2.33. The van der Waals surface area contributed by atoms with Gasteiger partial charge in [0.2, 0.25) is 15.9 Å². The molecule has 1 amide bonds. The number of halogens is 1. The number of carbonyl (C=O) groups is 1. The Hall–Kier alpha value is -1.55. The molecular formula is C17H21FN2O5S. The van der Waals surface area contributed by atoms with Crippen LogP contribution in [-0.2, 0) is 30.7 Å². The van der Waals surface area contributed by atoms with Crippen molar-refractivity contribution in [1.82, 2.24) is 4.31 Å². The van der Waals surface area contributed by atoms with E-state index in [9.17, 15) is 17.6 Å². The molecule has 0 atom stereocenters. The summed E-state index contributed by atoms with van der Waals surface area (Å²) in [5, 5.41) is 2.58. The number of hydrogen-bond acceptors (Lipinski definition) is 5. The number of ether oxygens (including phenoxy) is 2. The van der Waals surface area contributed by atoms with Crippen molar-refractivity contribution in [2.24, 2.45) is 5.92 Å². The van der Waals surface area contributed by atoms with Crippen molar-refractivity contribution in [1.29, 1.82) is 0 Å². The first-order valence-corrected chi connectivity index (χ1v) is 10.2. The second-order valence-electron chi connectivity index (χ2n) is 6.84. The van der Waals surface area contributed by atoms with Gasteiger partial charge in [-0.2, -0.15) is 4.31 Å². The zero-order chi connectivity index (χ0) is 18.3. The van der Waals surface area contributed by atoms with Crippen molar-refractivity contribution in [3.05, 3.63) is 23.5 Å². The van der Waals surface area contributed by atoms with Gasteiger partial charge in [-0.05, 0) is 37.0 Å². The number of aryl methyl sites for hydroxylation is 1. The third-order valence-electron chi connectivity index (χ3n) is 5.20. The molecule has 3 aliphatic heterocycles. The summed E-state index contributed by atoms with van der Waals surface area (Å²) < 4.78 is 52.7. The summed E-state index contributed by atoms with van der Waals surface area (Å²) in [5.74, 6) is -0.867. The van der Waals surface area contributed by atoms with Crippen molar-refractivity contribution >= 4 is 21.6 Å². The first kappa shape index (κ1) is 17.8. The average Bonchev–Trinajstić information content (AvgIpc) is 3.15. The molecule has 0 aliphatic carbocycles. The lowest BCUT2D eigenvalue weighted by atomic mass is 9.98. The van der Waals surface area contributed by atoms with Crippen LogP contribution in [0.2, 0.25) is 0 Å². The number of nitrogens with zero attached hydrogens (tertiary/aromatic N) is 1. The molecule has 1 N–H and O–H groups in total. The minimum atomic E-state index is -3.92. The van der Waals surface area contributed by atoms with E-state index >= 15 is 0 Å². The lowest BCUT2D eigenvalue weighted by Crippen LogP contribution is -2.41. The normalized spacial score (nSPS) is 23.0. The van der Waals surface area contributed by atoms with Crippen LogP contribution in [0.1, 0.15) is 24.8 Å². The zero-order valence-electron chi connectivity index (χ0n) is 14.2. The van der Waals surface area contributed by atoms with Crippen LogP contribution in [0, 0.1) is 11.7 Å². The van der Waals surface area contributed by atoms with E-state index in [0.717, 1.165) is 6.07 Å². The zero-order valence-corrected chi connectivity index (χ0v) is 15.1. The molecule has 4 rings (SSSR count). The van der Waals surface area contributed by atoms with Gasteiger partial charge in [-0.25, -0.2) is 12.8 Å². The fourth-order valence-corrected chi connectivity index (χ4v) is 5.32. The lowest BCUT2D eigenvalue weighted by molar-refractivity contribution is -0.116. The van der Waals surface area contributed by atoms with Crippen molar-refractivity contribution in [3.63, 3.8) is 0 Å². The van der Waals surface area contributed by atoms with Crippen LogP contribution in [0.4, 0.5) is 10.1 Å². The molecular weight excluding hydrogens is 363 g/mol. The van der Waals surface area contributed by atoms with Crippen LogP contribution >= 0.6 is 0 Å². The fourth-order valence-electron chi connectivity index (χ4n) is 3.75. The maximum absolute atomic E-state index is 14.5. The largest absolute Gasteiger partial charge is 0.350 e. The van der Waals surface area contributed by atoms with E-state index < -0.39 is 15.8 Å². The molecule has 2 fully saturated rings. The van der Waals surface area contributed by atoms with Crippen molar-refractivity contribution in [3.8, 4) is 0 Å². The molecule has 7 nitrogen and oxygen atoms in total. The first-order chi connectivity index (χ1) is 12.4. The van der Waals surface area contributed by atoms with Crippen molar-refractivity contribution in [2.45, 2.75) is 36.9 Å². The molecule has 0 unspecified atom stereocenters. The topological polar surface area (TPSA) is 84.9 Å². The van der Waals surface area contributed by atoms with Gasteiger partial charge >= 0.3 is 0 Å². The van der Waals surface area contributed by atoms with E-state index in [4.69, 9.17) is 9.47 Å². The van der Waals surface area contributed by atoms with Gasteiger partial charge in [0.25, 0.3) is 0 Å². The summed E-state index contributed by atoms with van der Waals surface area (Å²) in [5.41, 5.74) is 0.999. The molecule has 26 heavy (non-hydrogen) atoms. The second kappa shape index (κ2) is 6.88. The number of sulfonamides is 1. The number of nitrogens with one attached hydrogen (secondary N) is 1. The molecule has 0 spiro atoms. The number of carbonyl (C=O) groups excluding carboxylic acids is 1. The van der Waals surface area contributed by atoms with Crippen LogP contribution in [0.25, 0.3) is 0 Å². The predicted molar refractivity (Wildman–Crippen MR) is 90.5 cm³/mol. The third kappa shape index (κ3) is 3.24. The molecule has 9 heteroatoms. The van der Waals surface area contributed by atoms with E-state index in [1.165, 1.54) is 10.4 Å². The molecule has 1 aromatic carbocycles. The van der Waals surface area contributed by atoms with Gasteiger partial charge < -0.3 is 14.8 Å². The van der Waals surface area contributed by atoms with Crippen LogP contribution < -0.4 is 5.32 Å². The number of rotatable bonds is 3. The van der Waals surface area contributed by atoms with E-state index in [0.29, 0.717) is 56.8 Å². The highest BCUT2D eigenvalue weighted by atomic mass is 32.2. The number of amides is 1. The number of piperidine rings is 1. The molecule has 3 heterocycles. The summed E-state index contributed by atoms with van der Waals surface area (Å²) in [6, 6.07) is 2.46. The van der Waals surface area contributed by atoms with Gasteiger partial charge in [0.05, 0.1) is 13.2 Å². The monoisotopic (exact) mass is 384 g/mol. The SMILES string of the molecule is O=C1CCc2cc(S(=O)(=O)N3CCC(C4OCCO4)CC3)c(F)cc2N1. The summed E-state index contributed by atoms with van der Waals surface area (Å²) in [6.45, 7) is 1.76. The first-order valence-electron chi connectivity index (χ1n) is 8.81. The fraction of sp³-hybridized carbons (Fsp3) is 0.588. The Balaban J connectivity index is 1.53. The summed E-state index contributed by atoms with van der Waals surface area (Å²) in [4.78, 5) is 11.1. The van der Waals surface area contributed by atoms with E-state index in [-0.39, 0.29) is 29.4 Å². The van der Waals surface area contributed by atoms with Crippen molar-refractivity contribution in [2.75, 3.05) is 31.6 Å². The standard InChI is InChI=1S/C17H21FN2O5S/c18-13-10-14-12(1-2-16(21)19-14)9-15(13)26(22,23)20-5-3-11(4-6-20)17-24-7-8-25-17/h9-11,17H,1-8H2,(H,19,21). The van der Waals surface area contributed by atoms with Crippen molar-refractivity contribution < 1.29 is 27.1 Å². The smallest absolute Gasteiger partial charge is 0.245 e. The van der Waals surface area contributed by atoms with E-state index in [1.807, 2.05) is 0 Å². The summed E-state index contributed by atoms with van der Waals surface area (Å²) in [7, 11) is -3.92. The van der Waals surface area contributed by atoms with Gasteiger partial charge in [0.1, 0.15) is 10.7 Å². The number of anilines is 1. The molecule has 0 bridgehead atoms. The quantitative estimate of drug-likeness (QED) is 0.853. The highest BCUT2D eigenvalue weighted by molar-refractivity contribution is 7.89. The summed E-state index contributed by atoms with van der Waals surface area (Å²) >= 11 is 0. The molecule has 0 aromatic heterocycles. The Morgan fingerprint density at radius 1 is 1.12 bits per heavy atom. The van der Waals surface area contributed by atoms with Gasteiger partial charge in [-0.3, -0.25) is 4.79 Å². The second-order valence-corrected chi connectivity index (χ2v) is 8.75. The van der Waals surface area contributed by atoms with Crippen LogP contribution in [-0.4, -0.2) is 51.2 Å². The van der Waals surface area contributed by atoms with Gasteiger partial charge in [-0.15, -0.1) is 0 Å². The predicted octanol–water partition coefficient (Wildman–Crippen LogP) is 1.48. The van der Waals surface area contributed by atoms with Crippen LogP contribution in [0.5, 0.6) is 0 Å². The average molecular weight is 384 g/mol. The van der Waals surface area contributed by atoms with E-state index in [1.54, 1.807) is 0 Å². The maximum Gasteiger partial charge on any atom is 0.245 e. The van der Waals surface area contributed by atoms with Gasteiger partial charge in [0.15, 0.2) is 6.29 Å². The van der Waals surface area contributed by atoms with Crippen LogP contribution in [0.3, 0.4) is 0 Å².